The molecule has 0 radical (unpaired) electrons. The molecule has 0 bridgehead atoms. The van der Waals surface area contributed by atoms with E-state index in [1.54, 1.807) is 0 Å². The number of rotatable bonds is 2. The van der Waals surface area contributed by atoms with Crippen LogP contribution in [-0.2, 0) is 0 Å². The number of nitrogens with one attached hydrogen (secondary N) is 2. The molecule has 0 aliphatic rings. The SMILES string of the molecule is CC(c1ccccc1)c1c[nH]c(=S)[nH]1. The molecule has 2 rings (SSSR count). The minimum absolute atomic E-state index is 0.351. The maximum Gasteiger partial charge on any atom is 0.174 e. The van der Waals surface area contributed by atoms with E-state index >= 15 is 0 Å². The van der Waals surface area contributed by atoms with Gasteiger partial charge in [-0.2, -0.15) is 0 Å². The topological polar surface area (TPSA) is 31.6 Å². The molecule has 0 fully saturated rings. The molecular formula is C11H12N2S. The molecular weight excluding hydrogens is 192 g/mol. The van der Waals surface area contributed by atoms with Crippen LogP contribution in [0.3, 0.4) is 0 Å². The zero-order chi connectivity index (χ0) is 9.97. The molecule has 0 saturated carbocycles. The highest BCUT2D eigenvalue weighted by Gasteiger charge is 2.08. The van der Waals surface area contributed by atoms with Gasteiger partial charge in [-0.3, -0.25) is 0 Å². The summed E-state index contributed by atoms with van der Waals surface area (Å²) in [6.45, 7) is 2.16. The minimum atomic E-state index is 0.351. The van der Waals surface area contributed by atoms with Crippen LogP contribution in [0.1, 0.15) is 24.1 Å². The summed E-state index contributed by atoms with van der Waals surface area (Å²) in [7, 11) is 0. The van der Waals surface area contributed by atoms with Crippen molar-refractivity contribution in [2.75, 3.05) is 0 Å². The number of aromatic nitrogens is 2. The summed E-state index contributed by atoms with van der Waals surface area (Å²) in [6.07, 6.45) is 1.93. The molecule has 2 nitrogen and oxygen atoms in total. The standard InChI is InChI=1S/C11H12N2S/c1-8(9-5-3-2-4-6-9)10-7-12-11(14)13-10/h2-8H,1H3,(H2,12,13,14). The molecule has 1 unspecified atom stereocenters. The number of benzene rings is 1. The van der Waals surface area contributed by atoms with Gasteiger partial charge in [0.15, 0.2) is 4.77 Å². The number of aromatic amines is 2. The second-order valence-corrected chi connectivity index (χ2v) is 3.74. The molecule has 1 heterocycles. The van der Waals surface area contributed by atoms with Crippen LogP contribution in [0.5, 0.6) is 0 Å². The Morgan fingerprint density at radius 1 is 1.21 bits per heavy atom. The Balaban J connectivity index is 2.33. The van der Waals surface area contributed by atoms with Crippen LogP contribution in [0.15, 0.2) is 36.5 Å². The van der Waals surface area contributed by atoms with Gasteiger partial charge in [0, 0.05) is 17.8 Å². The van der Waals surface area contributed by atoms with E-state index < -0.39 is 0 Å². The first-order valence-corrected chi connectivity index (χ1v) is 5.01. The molecule has 2 aromatic rings. The Morgan fingerprint density at radius 3 is 2.50 bits per heavy atom. The van der Waals surface area contributed by atoms with Crippen molar-refractivity contribution in [3.63, 3.8) is 0 Å². The maximum atomic E-state index is 4.99. The smallest absolute Gasteiger partial charge is 0.174 e. The monoisotopic (exact) mass is 204 g/mol. The van der Waals surface area contributed by atoms with E-state index in [0.29, 0.717) is 10.7 Å². The van der Waals surface area contributed by atoms with Gasteiger partial charge in [0.05, 0.1) is 0 Å². The van der Waals surface area contributed by atoms with Crippen molar-refractivity contribution >= 4 is 12.2 Å². The number of imidazole rings is 1. The van der Waals surface area contributed by atoms with Gasteiger partial charge in [0.2, 0.25) is 0 Å². The number of hydrogen-bond donors (Lipinski definition) is 2. The summed E-state index contributed by atoms with van der Waals surface area (Å²) < 4.78 is 0.683. The molecule has 14 heavy (non-hydrogen) atoms. The van der Waals surface area contributed by atoms with Gasteiger partial charge < -0.3 is 9.97 Å². The summed E-state index contributed by atoms with van der Waals surface area (Å²) in [5.41, 5.74) is 2.42. The average Bonchev–Trinajstić information content (AvgIpc) is 2.65. The van der Waals surface area contributed by atoms with Crippen molar-refractivity contribution in [1.29, 1.82) is 0 Å². The Kier molecular flexibility index (Phi) is 2.50. The van der Waals surface area contributed by atoms with E-state index in [1.807, 2.05) is 24.4 Å². The fourth-order valence-electron chi connectivity index (χ4n) is 1.50. The van der Waals surface area contributed by atoms with Crippen molar-refractivity contribution in [3.8, 4) is 0 Å². The Labute approximate surface area is 88.0 Å². The van der Waals surface area contributed by atoms with Gasteiger partial charge in [-0.25, -0.2) is 0 Å². The third-order valence-electron chi connectivity index (χ3n) is 2.38. The van der Waals surface area contributed by atoms with Crippen LogP contribution < -0.4 is 0 Å². The lowest BCUT2D eigenvalue weighted by Crippen LogP contribution is -1.95. The van der Waals surface area contributed by atoms with E-state index in [4.69, 9.17) is 12.2 Å². The quantitative estimate of drug-likeness (QED) is 0.723. The molecule has 1 aromatic carbocycles. The van der Waals surface area contributed by atoms with Gasteiger partial charge in [0.1, 0.15) is 0 Å². The summed E-state index contributed by atoms with van der Waals surface area (Å²) >= 11 is 4.99. The van der Waals surface area contributed by atoms with Crippen LogP contribution in [0.25, 0.3) is 0 Å². The fraction of sp³-hybridized carbons (Fsp3) is 0.182. The molecule has 0 saturated heterocycles. The summed E-state index contributed by atoms with van der Waals surface area (Å²) in [6, 6.07) is 10.4. The summed E-state index contributed by atoms with van der Waals surface area (Å²) in [5.74, 6) is 0.351. The van der Waals surface area contributed by atoms with E-state index in [0.717, 1.165) is 5.69 Å². The third-order valence-corrected chi connectivity index (χ3v) is 2.60. The molecule has 0 aliphatic carbocycles. The van der Waals surface area contributed by atoms with E-state index in [9.17, 15) is 0 Å². The lowest BCUT2D eigenvalue weighted by atomic mass is 9.99. The van der Waals surface area contributed by atoms with E-state index in [-0.39, 0.29) is 0 Å². The Morgan fingerprint density at radius 2 is 1.93 bits per heavy atom. The summed E-state index contributed by atoms with van der Waals surface area (Å²) in [4.78, 5) is 6.11. The van der Waals surface area contributed by atoms with Crippen LogP contribution in [0, 0.1) is 4.77 Å². The third kappa shape index (κ3) is 1.77. The van der Waals surface area contributed by atoms with Crippen molar-refractivity contribution in [2.45, 2.75) is 12.8 Å². The number of hydrogen-bond acceptors (Lipinski definition) is 1. The molecule has 3 heteroatoms. The van der Waals surface area contributed by atoms with Gasteiger partial charge in [0.25, 0.3) is 0 Å². The maximum absolute atomic E-state index is 4.99. The molecule has 0 aliphatic heterocycles. The highest BCUT2D eigenvalue weighted by Crippen LogP contribution is 2.21. The Bertz CT molecular complexity index is 455. The van der Waals surface area contributed by atoms with E-state index in [2.05, 4.69) is 29.0 Å². The molecule has 0 amide bonds. The normalized spacial score (nSPS) is 12.6. The van der Waals surface area contributed by atoms with Crippen molar-refractivity contribution in [3.05, 3.63) is 52.6 Å². The van der Waals surface area contributed by atoms with Crippen LogP contribution in [-0.4, -0.2) is 9.97 Å². The lowest BCUT2D eigenvalue weighted by Gasteiger charge is -2.08. The zero-order valence-corrected chi connectivity index (χ0v) is 8.77. The molecule has 0 spiro atoms. The lowest BCUT2D eigenvalue weighted by molar-refractivity contribution is 0.882. The van der Waals surface area contributed by atoms with Gasteiger partial charge in [-0.15, -0.1) is 0 Å². The molecule has 1 aromatic heterocycles. The molecule has 1 atom stereocenters. The minimum Gasteiger partial charge on any atom is -0.337 e. The van der Waals surface area contributed by atoms with Crippen LogP contribution in [0.4, 0.5) is 0 Å². The first-order valence-electron chi connectivity index (χ1n) is 4.60. The second kappa shape index (κ2) is 3.80. The molecule has 72 valence electrons. The molecule has 2 N–H and O–H groups in total. The van der Waals surface area contributed by atoms with Crippen molar-refractivity contribution in [1.82, 2.24) is 9.97 Å². The second-order valence-electron chi connectivity index (χ2n) is 3.33. The first kappa shape index (κ1) is 9.21. The Hall–Kier alpha value is -1.35. The van der Waals surface area contributed by atoms with Gasteiger partial charge in [-0.1, -0.05) is 37.3 Å². The van der Waals surface area contributed by atoms with Crippen molar-refractivity contribution < 1.29 is 0 Å². The first-order chi connectivity index (χ1) is 6.77. The van der Waals surface area contributed by atoms with Crippen LogP contribution >= 0.6 is 12.2 Å². The van der Waals surface area contributed by atoms with Gasteiger partial charge in [-0.05, 0) is 17.8 Å². The highest BCUT2D eigenvalue weighted by atomic mass is 32.1. The van der Waals surface area contributed by atoms with Gasteiger partial charge >= 0.3 is 0 Å². The average molecular weight is 204 g/mol. The van der Waals surface area contributed by atoms with Crippen molar-refractivity contribution in [2.24, 2.45) is 0 Å². The predicted molar refractivity (Wildman–Crippen MR) is 59.9 cm³/mol. The predicted octanol–water partition coefficient (Wildman–Crippen LogP) is 3.22. The number of H-pyrrole nitrogens is 2. The van der Waals surface area contributed by atoms with E-state index in [1.165, 1.54) is 5.56 Å². The summed E-state index contributed by atoms with van der Waals surface area (Å²) in [5, 5.41) is 0. The fourth-order valence-corrected chi connectivity index (χ4v) is 1.68. The highest BCUT2D eigenvalue weighted by molar-refractivity contribution is 7.71. The largest absolute Gasteiger partial charge is 0.337 e. The van der Waals surface area contributed by atoms with Crippen LogP contribution in [0.2, 0.25) is 0 Å². The zero-order valence-electron chi connectivity index (χ0n) is 7.95.